The van der Waals surface area contributed by atoms with E-state index in [1.165, 1.54) is 0 Å². The third-order valence-electron chi connectivity index (χ3n) is 1.66. The first-order valence-electron chi connectivity index (χ1n) is 4.17. The maximum Gasteiger partial charge on any atom is 0.199 e. The van der Waals surface area contributed by atoms with Crippen LogP contribution in [-0.4, -0.2) is 20.3 Å². The lowest BCUT2D eigenvalue weighted by Gasteiger charge is -1.99. The first-order chi connectivity index (χ1) is 6.90. The Kier molecular flexibility index (Phi) is 2.35. The van der Waals surface area contributed by atoms with Crippen LogP contribution in [0.15, 0.2) is 16.8 Å². The van der Waals surface area contributed by atoms with Gasteiger partial charge in [-0.2, -0.15) is 0 Å². The highest BCUT2D eigenvalue weighted by atomic mass is 16.5. The molecule has 0 amide bonds. The van der Waals surface area contributed by atoms with Gasteiger partial charge in [-0.1, -0.05) is 12.0 Å². The van der Waals surface area contributed by atoms with Gasteiger partial charge in [0.1, 0.15) is 5.82 Å². The number of nitrogens with zero attached hydrogens (tertiary/aromatic N) is 4. The second-order valence-corrected chi connectivity index (χ2v) is 2.57. The second-order valence-electron chi connectivity index (χ2n) is 2.57. The molecule has 6 heteroatoms. The Morgan fingerprint density at radius 1 is 1.57 bits per heavy atom. The van der Waals surface area contributed by atoms with E-state index in [1.54, 1.807) is 12.3 Å². The van der Waals surface area contributed by atoms with Crippen LogP contribution in [0.4, 0.5) is 11.6 Å². The standard InChI is InChI=1S/C8H8N5O/c1-2-6-8(12-13-14-6)11-7-3-4-9-5-10-7/h3-4H,2H2,1H3,(H,9,10,11). The number of hydrogen-bond donors (Lipinski definition) is 1. The van der Waals surface area contributed by atoms with Crippen molar-refractivity contribution in [2.24, 2.45) is 0 Å². The van der Waals surface area contributed by atoms with E-state index in [4.69, 9.17) is 4.52 Å². The van der Waals surface area contributed by atoms with Crippen molar-refractivity contribution in [1.82, 2.24) is 20.3 Å². The molecule has 0 unspecified atom stereocenters. The van der Waals surface area contributed by atoms with Crippen LogP contribution in [0.25, 0.3) is 0 Å². The van der Waals surface area contributed by atoms with Crippen LogP contribution in [0.1, 0.15) is 12.7 Å². The van der Waals surface area contributed by atoms with Crippen molar-refractivity contribution in [3.8, 4) is 0 Å². The van der Waals surface area contributed by atoms with Gasteiger partial charge in [0, 0.05) is 17.9 Å². The fourth-order valence-electron chi connectivity index (χ4n) is 0.988. The van der Waals surface area contributed by atoms with Crippen molar-refractivity contribution in [2.45, 2.75) is 13.3 Å². The summed E-state index contributed by atoms with van der Waals surface area (Å²) in [5.41, 5.74) is 0. The molecular weight excluding hydrogens is 182 g/mol. The van der Waals surface area contributed by atoms with Crippen molar-refractivity contribution in [1.29, 1.82) is 0 Å². The molecule has 6 nitrogen and oxygen atoms in total. The van der Waals surface area contributed by atoms with Gasteiger partial charge in [-0.15, -0.1) is 0 Å². The number of aryl methyl sites for hydroxylation is 1. The fraction of sp³-hybridized carbons (Fsp3) is 0.250. The second kappa shape index (κ2) is 3.82. The predicted molar refractivity (Wildman–Crippen MR) is 47.8 cm³/mol. The fourth-order valence-corrected chi connectivity index (χ4v) is 0.988. The first-order valence-corrected chi connectivity index (χ1v) is 4.17. The molecule has 0 aromatic carbocycles. The Bertz CT molecular complexity index is 399. The van der Waals surface area contributed by atoms with E-state index in [0.29, 0.717) is 17.4 Å². The van der Waals surface area contributed by atoms with Crippen LogP contribution in [0.2, 0.25) is 0 Å². The molecule has 14 heavy (non-hydrogen) atoms. The van der Waals surface area contributed by atoms with Gasteiger partial charge in [-0.05, 0) is 6.07 Å². The molecule has 2 heterocycles. The number of anilines is 2. The summed E-state index contributed by atoms with van der Waals surface area (Å²) < 4.78 is 4.91. The molecule has 1 radical (unpaired) electrons. The smallest absolute Gasteiger partial charge is 0.199 e. The lowest BCUT2D eigenvalue weighted by atomic mass is 10.3. The highest BCUT2D eigenvalue weighted by Gasteiger charge is 2.07. The normalized spacial score (nSPS) is 10.1. The molecule has 71 valence electrons. The van der Waals surface area contributed by atoms with Crippen LogP contribution < -0.4 is 5.32 Å². The number of nitrogens with one attached hydrogen (secondary N) is 1. The van der Waals surface area contributed by atoms with Gasteiger partial charge >= 0.3 is 0 Å². The molecule has 0 aliphatic heterocycles. The van der Waals surface area contributed by atoms with E-state index >= 15 is 0 Å². The van der Waals surface area contributed by atoms with E-state index in [2.05, 4.69) is 32.0 Å². The van der Waals surface area contributed by atoms with Gasteiger partial charge < -0.3 is 9.84 Å². The highest BCUT2D eigenvalue weighted by Crippen LogP contribution is 2.15. The Balaban J connectivity index is 2.19. The Morgan fingerprint density at radius 3 is 3.21 bits per heavy atom. The molecule has 1 N–H and O–H groups in total. The molecule has 0 saturated heterocycles. The van der Waals surface area contributed by atoms with Crippen LogP contribution in [-0.2, 0) is 6.42 Å². The van der Waals surface area contributed by atoms with Crippen LogP contribution in [0.5, 0.6) is 0 Å². The van der Waals surface area contributed by atoms with E-state index in [-0.39, 0.29) is 0 Å². The zero-order valence-corrected chi connectivity index (χ0v) is 7.56. The Hall–Kier alpha value is -1.98. The van der Waals surface area contributed by atoms with Crippen LogP contribution in [0.3, 0.4) is 0 Å². The Morgan fingerprint density at radius 2 is 2.50 bits per heavy atom. The molecule has 0 aliphatic carbocycles. The summed E-state index contributed by atoms with van der Waals surface area (Å²) in [5, 5.41) is 10.2. The lowest BCUT2D eigenvalue weighted by molar-refractivity contribution is 0.365. The first kappa shape index (κ1) is 8.61. The predicted octanol–water partition coefficient (Wildman–Crippen LogP) is 0.966. The van der Waals surface area contributed by atoms with E-state index in [9.17, 15) is 0 Å². The van der Waals surface area contributed by atoms with Crippen molar-refractivity contribution >= 4 is 11.6 Å². The van der Waals surface area contributed by atoms with Crippen molar-refractivity contribution < 1.29 is 4.52 Å². The maximum atomic E-state index is 4.91. The van der Waals surface area contributed by atoms with Gasteiger partial charge in [0.15, 0.2) is 17.9 Å². The minimum atomic E-state index is 0.583. The summed E-state index contributed by atoms with van der Waals surface area (Å²) >= 11 is 0. The molecule has 0 aliphatic rings. The molecule has 0 atom stereocenters. The minimum Gasteiger partial charge on any atom is -0.340 e. The molecule has 0 bridgehead atoms. The molecule has 0 saturated carbocycles. The van der Waals surface area contributed by atoms with Crippen molar-refractivity contribution in [2.75, 3.05) is 5.32 Å². The SMILES string of the molecule is CCc1onnc1Nc1ccn[c]n1. The summed E-state index contributed by atoms with van der Waals surface area (Å²) in [4.78, 5) is 7.55. The van der Waals surface area contributed by atoms with Crippen molar-refractivity contribution in [3.63, 3.8) is 0 Å². The Labute approximate surface area is 80.4 Å². The van der Waals surface area contributed by atoms with E-state index in [0.717, 1.165) is 6.42 Å². The molecule has 2 aromatic rings. The summed E-state index contributed by atoms with van der Waals surface area (Å²) in [5.74, 6) is 1.90. The number of hydrogen-bond acceptors (Lipinski definition) is 6. The quantitative estimate of drug-likeness (QED) is 0.776. The third-order valence-corrected chi connectivity index (χ3v) is 1.66. The minimum absolute atomic E-state index is 0.583. The largest absolute Gasteiger partial charge is 0.340 e. The molecule has 0 fully saturated rings. The molecule has 2 rings (SSSR count). The van der Waals surface area contributed by atoms with Gasteiger partial charge in [-0.25, -0.2) is 9.97 Å². The molecule has 2 aromatic heterocycles. The maximum absolute atomic E-state index is 4.91. The van der Waals surface area contributed by atoms with Crippen molar-refractivity contribution in [3.05, 3.63) is 24.4 Å². The van der Waals surface area contributed by atoms with E-state index < -0.39 is 0 Å². The summed E-state index contributed by atoms with van der Waals surface area (Å²) in [7, 11) is 0. The summed E-state index contributed by atoms with van der Waals surface area (Å²) in [6.45, 7) is 1.96. The molecular formula is C8H8N5O. The lowest BCUT2D eigenvalue weighted by Crippen LogP contribution is -1.96. The monoisotopic (exact) mass is 190 g/mol. The molecule has 0 spiro atoms. The van der Waals surface area contributed by atoms with Crippen LogP contribution in [0, 0.1) is 6.33 Å². The zero-order valence-electron chi connectivity index (χ0n) is 7.56. The number of aromatic nitrogens is 4. The summed E-state index contributed by atoms with van der Waals surface area (Å²) in [6.07, 6.45) is 4.79. The van der Waals surface area contributed by atoms with Crippen LogP contribution >= 0.6 is 0 Å². The zero-order chi connectivity index (χ0) is 9.80. The van der Waals surface area contributed by atoms with Gasteiger partial charge in [0.05, 0.1) is 0 Å². The summed E-state index contributed by atoms with van der Waals surface area (Å²) in [6, 6.07) is 1.71. The average Bonchev–Trinajstić information content (AvgIpc) is 2.67. The van der Waals surface area contributed by atoms with Gasteiger partial charge in [-0.3, -0.25) is 0 Å². The average molecular weight is 190 g/mol. The third kappa shape index (κ3) is 1.68. The van der Waals surface area contributed by atoms with Gasteiger partial charge in [0.25, 0.3) is 0 Å². The van der Waals surface area contributed by atoms with Gasteiger partial charge in [0.2, 0.25) is 0 Å². The highest BCUT2D eigenvalue weighted by molar-refractivity contribution is 5.51. The number of rotatable bonds is 3. The topological polar surface area (TPSA) is 76.7 Å². The van der Waals surface area contributed by atoms with E-state index in [1.807, 2.05) is 6.92 Å².